The zero-order valence-electron chi connectivity index (χ0n) is 22.1. The first kappa shape index (κ1) is 30.4. The predicted octanol–water partition coefficient (Wildman–Crippen LogP) is 3.41. The summed E-state index contributed by atoms with van der Waals surface area (Å²) in [7, 11) is -1.44. The lowest BCUT2D eigenvalue weighted by atomic mass is 10.0. The molecule has 0 saturated carbocycles. The Morgan fingerprint density at radius 1 is 1.07 bits per heavy atom. The average Bonchev–Trinajstić information content (AvgIpc) is 2.93. The smallest absolute Gasteiger partial charge is 0.271 e. The number of methoxy groups -OCH3 is 1. The van der Waals surface area contributed by atoms with E-state index in [1.54, 1.807) is 36.4 Å². The molecule has 0 saturated heterocycles. The van der Waals surface area contributed by atoms with E-state index in [1.165, 1.54) is 25.1 Å². The van der Waals surface area contributed by atoms with Crippen LogP contribution in [0.2, 0.25) is 5.02 Å². The van der Waals surface area contributed by atoms with Crippen molar-refractivity contribution in [1.82, 2.24) is 10.2 Å². The van der Waals surface area contributed by atoms with Crippen molar-refractivity contribution in [3.05, 3.63) is 99.1 Å². The molecular formula is C27H29ClN4O7S. The third-order valence-corrected chi connectivity index (χ3v) is 7.63. The Balaban J connectivity index is 2.11. The Bertz CT molecular complexity index is 1490. The first-order valence-electron chi connectivity index (χ1n) is 12.0. The van der Waals surface area contributed by atoms with Crippen LogP contribution >= 0.6 is 11.6 Å². The van der Waals surface area contributed by atoms with Crippen LogP contribution in [-0.2, 0) is 32.6 Å². The number of anilines is 1. The summed E-state index contributed by atoms with van der Waals surface area (Å²) >= 11 is 6.39. The molecule has 0 aliphatic heterocycles. The monoisotopic (exact) mass is 588 g/mol. The van der Waals surface area contributed by atoms with Gasteiger partial charge >= 0.3 is 0 Å². The molecule has 3 aromatic carbocycles. The molecule has 0 aromatic heterocycles. The number of amides is 2. The quantitative estimate of drug-likeness (QED) is 0.253. The highest BCUT2D eigenvalue weighted by molar-refractivity contribution is 7.92. The van der Waals surface area contributed by atoms with Gasteiger partial charge in [0.1, 0.15) is 24.0 Å². The highest BCUT2D eigenvalue weighted by Gasteiger charge is 2.34. The maximum Gasteiger partial charge on any atom is 0.271 e. The molecule has 0 bridgehead atoms. The summed E-state index contributed by atoms with van der Waals surface area (Å²) in [5, 5.41) is 14.4. The van der Waals surface area contributed by atoms with Gasteiger partial charge in [0.2, 0.25) is 21.8 Å². The topological polar surface area (TPSA) is 139 Å². The minimum absolute atomic E-state index is 0.00798. The second kappa shape index (κ2) is 13.3. The van der Waals surface area contributed by atoms with Crippen LogP contribution in [0, 0.1) is 10.1 Å². The van der Waals surface area contributed by atoms with E-state index < -0.39 is 45.0 Å². The van der Waals surface area contributed by atoms with Crippen molar-refractivity contribution in [1.29, 1.82) is 0 Å². The molecule has 0 fully saturated rings. The van der Waals surface area contributed by atoms with Crippen molar-refractivity contribution >= 4 is 44.8 Å². The lowest BCUT2D eigenvalue weighted by Crippen LogP contribution is -2.53. The van der Waals surface area contributed by atoms with Gasteiger partial charge in [-0.25, -0.2) is 8.42 Å². The van der Waals surface area contributed by atoms with Crippen LogP contribution in [0.25, 0.3) is 0 Å². The number of benzene rings is 3. The van der Waals surface area contributed by atoms with E-state index >= 15 is 0 Å². The van der Waals surface area contributed by atoms with Crippen LogP contribution in [0.5, 0.6) is 5.75 Å². The molecule has 3 aromatic rings. The normalized spacial score (nSPS) is 11.8. The molecule has 0 heterocycles. The Labute approximate surface area is 237 Å². The van der Waals surface area contributed by atoms with Gasteiger partial charge in [0.25, 0.3) is 5.69 Å². The third kappa shape index (κ3) is 7.48. The lowest BCUT2D eigenvalue weighted by Gasteiger charge is -2.33. The molecule has 0 aliphatic carbocycles. The first-order chi connectivity index (χ1) is 19.0. The Kier molecular flexibility index (Phi) is 10.1. The van der Waals surface area contributed by atoms with Gasteiger partial charge in [-0.2, -0.15) is 0 Å². The number of ether oxygens (including phenoxy) is 1. The molecule has 1 unspecified atom stereocenters. The zero-order chi connectivity index (χ0) is 29.4. The maximum atomic E-state index is 14.0. The molecule has 1 N–H and O–H groups in total. The van der Waals surface area contributed by atoms with Gasteiger partial charge in [-0.05, 0) is 23.3 Å². The lowest BCUT2D eigenvalue weighted by molar-refractivity contribution is -0.384. The number of hydrogen-bond acceptors (Lipinski definition) is 7. The van der Waals surface area contributed by atoms with E-state index in [-0.39, 0.29) is 24.4 Å². The predicted molar refractivity (Wildman–Crippen MR) is 152 cm³/mol. The van der Waals surface area contributed by atoms with Gasteiger partial charge < -0.3 is 15.0 Å². The summed E-state index contributed by atoms with van der Waals surface area (Å²) in [6.07, 6.45) is 1.01. The number of nitro groups is 1. The fourth-order valence-corrected chi connectivity index (χ4v) is 5.15. The van der Waals surface area contributed by atoms with Crippen molar-refractivity contribution in [2.45, 2.75) is 19.0 Å². The fraction of sp³-hybridized carbons (Fsp3) is 0.259. The summed E-state index contributed by atoms with van der Waals surface area (Å²) in [5.41, 5.74) is 0.730. The van der Waals surface area contributed by atoms with Gasteiger partial charge in [-0.1, -0.05) is 60.1 Å². The standard InChI is InChI=1S/C27H29ClN4O7S/c1-29-27(34)24(15-19-9-5-4-6-10-19)30(17-20-11-7-8-12-22(20)28)26(33)18-31(40(3,37)38)23-16-21(32(35)36)13-14-25(23)39-2/h4-14,16,24H,15,17-18H2,1-3H3,(H,29,34). The van der Waals surface area contributed by atoms with Crippen molar-refractivity contribution in [2.24, 2.45) is 0 Å². The van der Waals surface area contributed by atoms with E-state index in [0.29, 0.717) is 10.6 Å². The van der Waals surface area contributed by atoms with E-state index in [0.717, 1.165) is 28.3 Å². The molecule has 0 aliphatic rings. The van der Waals surface area contributed by atoms with Crippen molar-refractivity contribution in [3.63, 3.8) is 0 Å². The van der Waals surface area contributed by atoms with Crippen molar-refractivity contribution in [3.8, 4) is 5.75 Å². The number of sulfonamides is 1. The Hall–Kier alpha value is -4.16. The number of carbonyl (C=O) groups excluding carboxylic acids is 2. The first-order valence-corrected chi connectivity index (χ1v) is 14.3. The number of nitro benzene ring substituents is 1. The molecule has 1 atom stereocenters. The number of likely N-dealkylation sites (N-methyl/N-ethyl adjacent to an activating group) is 1. The summed E-state index contributed by atoms with van der Waals surface area (Å²) in [4.78, 5) is 39.1. The minimum atomic E-state index is -4.16. The van der Waals surface area contributed by atoms with Crippen LogP contribution < -0.4 is 14.4 Å². The van der Waals surface area contributed by atoms with E-state index in [2.05, 4.69) is 5.32 Å². The molecule has 212 valence electrons. The van der Waals surface area contributed by atoms with Crippen LogP contribution in [0.3, 0.4) is 0 Å². The molecule has 0 radical (unpaired) electrons. The highest BCUT2D eigenvalue weighted by atomic mass is 35.5. The highest BCUT2D eigenvalue weighted by Crippen LogP contribution is 2.34. The number of halogens is 1. The molecule has 0 spiro atoms. The maximum absolute atomic E-state index is 14.0. The summed E-state index contributed by atoms with van der Waals surface area (Å²) in [5.74, 6) is -1.19. The number of nitrogens with zero attached hydrogens (tertiary/aromatic N) is 3. The number of hydrogen-bond donors (Lipinski definition) is 1. The minimum Gasteiger partial charge on any atom is -0.495 e. The van der Waals surface area contributed by atoms with Crippen LogP contribution in [0.15, 0.2) is 72.8 Å². The van der Waals surface area contributed by atoms with Crippen LogP contribution in [0.1, 0.15) is 11.1 Å². The molecular weight excluding hydrogens is 560 g/mol. The fourth-order valence-electron chi connectivity index (χ4n) is 4.11. The number of nitrogens with one attached hydrogen (secondary N) is 1. The van der Waals surface area contributed by atoms with Crippen molar-refractivity contribution < 1.29 is 27.7 Å². The van der Waals surface area contributed by atoms with E-state index in [1.807, 2.05) is 18.2 Å². The molecule has 11 nitrogen and oxygen atoms in total. The molecule has 40 heavy (non-hydrogen) atoms. The largest absolute Gasteiger partial charge is 0.495 e. The summed E-state index contributed by atoms with van der Waals surface area (Å²) in [6.45, 7) is -0.865. The molecule has 3 rings (SSSR count). The van der Waals surface area contributed by atoms with Gasteiger partial charge in [0.15, 0.2) is 0 Å². The van der Waals surface area contributed by atoms with Gasteiger partial charge in [-0.15, -0.1) is 0 Å². The molecule has 2 amide bonds. The second-order valence-corrected chi connectivity index (χ2v) is 11.1. The van der Waals surface area contributed by atoms with Gasteiger partial charge in [0.05, 0.1) is 18.3 Å². The van der Waals surface area contributed by atoms with Gasteiger partial charge in [-0.3, -0.25) is 24.0 Å². The zero-order valence-corrected chi connectivity index (χ0v) is 23.7. The second-order valence-electron chi connectivity index (χ2n) is 8.82. The van der Waals surface area contributed by atoms with Gasteiger partial charge in [0, 0.05) is 37.2 Å². The number of rotatable bonds is 12. The number of carbonyl (C=O) groups is 2. The van der Waals surface area contributed by atoms with E-state index in [4.69, 9.17) is 16.3 Å². The summed E-state index contributed by atoms with van der Waals surface area (Å²) in [6, 6.07) is 18.2. The number of non-ortho nitro benzene ring substituents is 1. The Morgan fingerprint density at radius 2 is 1.73 bits per heavy atom. The van der Waals surface area contributed by atoms with Crippen LogP contribution in [-0.4, -0.2) is 63.1 Å². The van der Waals surface area contributed by atoms with E-state index in [9.17, 15) is 28.1 Å². The SMILES string of the molecule is CNC(=O)C(Cc1ccccc1)N(Cc1ccccc1Cl)C(=O)CN(c1cc([N+](=O)[O-])ccc1OC)S(C)(=O)=O. The third-order valence-electron chi connectivity index (χ3n) is 6.14. The van der Waals surface area contributed by atoms with Crippen LogP contribution in [0.4, 0.5) is 11.4 Å². The average molecular weight is 589 g/mol. The Morgan fingerprint density at radius 3 is 2.30 bits per heavy atom. The summed E-state index contributed by atoms with van der Waals surface area (Å²) < 4.78 is 31.8. The molecule has 13 heteroatoms. The van der Waals surface area contributed by atoms with Crippen molar-refractivity contribution in [2.75, 3.05) is 31.3 Å².